The Bertz CT molecular complexity index is 458. The number of hydrogen-bond donors (Lipinski definition) is 1. The van der Waals surface area contributed by atoms with E-state index in [1.54, 1.807) is 0 Å². The van der Waals surface area contributed by atoms with Crippen LogP contribution in [0.25, 0.3) is 0 Å². The summed E-state index contributed by atoms with van der Waals surface area (Å²) in [4.78, 5) is 2.56. The summed E-state index contributed by atoms with van der Waals surface area (Å²) in [5, 5.41) is 3.65. The highest BCUT2D eigenvalue weighted by Gasteiger charge is 2.18. The number of fused-ring (bicyclic) bond motifs is 1. The third-order valence-corrected chi connectivity index (χ3v) is 4.27. The lowest BCUT2D eigenvalue weighted by Gasteiger charge is -2.30. The van der Waals surface area contributed by atoms with Gasteiger partial charge in [-0.25, -0.2) is 0 Å². The Kier molecular flexibility index (Phi) is 4.99. The summed E-state index contributed by atoms with van der Waals surface area (Å²) in [6.45, 7) is 7.05. The third-order valence-electron chi connectivity index (χ3n) is 4.27. The summed E-state index contributed by atoms with van der Waals surface area (Å²) in [5.74, 6) is 1.76. The highest BCUT2D eigenvalue weighted by atomic mass is 16.7. The monoisotopic (exact) mass is 290 g/mol. The zero-order chi connectivity index (χ0) is 14.5. The number of nitrogens with one attached hydrogen (secondary N) is 1. The van der Waals surface area contributed by atoms with Crippen LogP contribution in [0, 0.1) is 0 Å². The standard InChI is InChI=1S/C17H26N2O2/c1-2-9-19(12-15-5-3-4-8-18-15)11-14-6-7-16-17(10-14)21-13-20-16/h6-7,10,15,18H,2-5,8-9,11-13H2,1H3. The molecule has 0 saturated carbocycles. The number of rotatable bonds is 6. The molecule has 0 amide bonds. The van der Waals surface area contributed by atoms with Crippen molar-refractivity contribution in [2.24, 2.45) is 0 Å². The molecule has 0 aliphatic carbocycles. The molecule has 2 aliphatic rings. The molecule has 116 valence electrons. The maximum Gasteiger partial charge on any atom is 0.231 e. The van der Waals surface area contributed by atoms with E-state index in [-0.39, 0.29) is 0 Å². The summed E-state index contributed by atoms with van der Waals surface area (Å²) in [5.41, 5.74) is 1.31. The topological polar surface area (TPSA) is 33.7 Å². The van der Waals surface area contributed by atoms with Gasteiger partial charge >= 0.3 is 0 Å². The van der Waals surface area contributed by atoms with Gasteiger partial charge in [0.05, 0.1) is 0 Å². The Labute approximate surface area is 127 Å². The van der Waals surface area contributed by atoms with Crippen LogP contribution in [0.4, 0.5) is 0 Å². The minimum atomic E-state index is 0.351. The van der Waals surface area contributed by atoms with Crippen LogP contribution < -0.4 is 14.8 Å². The van der Waals surface area contributed by atoms with Gasteiger partial charge in [0.2, 0.25) is 6.79 Å². The second kappa shape index (κ2) is 7.14. The highest BCUT2D eigenvalue weighted by Crippen LogP contribution is 2.32. The lowest BCUT2D eigenvalue weighted by molar-refractivity contribution is 0.174. The molecule has 1 aromatic carbocycles. The van der Waals surface area contributed by atoms with Crippen LogP contribution in [-0.2, 0) is 6.54 Å². The molecule has 3 rings (SSSR count). The van der Waals surface area contributed by atoms with E-state index in [0.29, 0.717) is 12.8 Å². The summed E-state index contributed by atoms with van der Waals surface area (Å²) in [7, 11) is 0. The molecular formula is C17H26N2O2. The largest absolute Gasteiger partial charge is 0.454 e. The van der Waals surface area contributed by atoms with Crippen LogP contribution in [0.15, 0.2) is 18.2 Å². The van der Waals surface area contributed by atoms with Crippen molar-refractivity contribution >= 4 is 0 Å². The first-order valence-corrected chi connectivity index (χ1v) is 8.19. The Morgan fingerprint density at radius 3 is 2.95 bits per heavy atom. The minimum Gasteiger partial charge on any atom is -0.454 e. The zero-order valence-corrected chi connectivity index (χ0v) is 12.9. The quantitative estimate of drug-likeness (QED) is 0.873. The van der Waals surface area contributed by atoms with Gasteiger partial charge in [-0.15, -0.1) is 0 Å². The molecule has 2 aliphatic heterocycles. The molecular weight excluding hydrogens is 264 g/mol. The smallest absolute Gasteiger partial charge is 0.231 e. The normalized spacial score (nSPS) is 21.0. The fraction of sp³-hybridized carbons (Fsp3) is 0.647. The summed E-state index contributed by atoms with van der Waals surface area (Å²) >= 11 is 0. The van der Waals surface area contributed by atoms with Crippen LogP contribution in [0.2, 0.25) is 0 Å². The molecule has 0 aromatic heterocycles. The van der Waals surface area contributed by atoms with E-state index in [9.17, 15) is 0 Å². The Morgan fingerprint density at radius 2 is 2.14 bits per heavy atom. The lowest BCUT2D eigenvalue weighted by Crippen LogP contribution is -2.43. The van der Waals surface area contributed by atoms with E-state index in [1.807, 2.05) is 6.07 Å². The SMILES string of the molecule is CCCN(Cc1ccc2c(c1)OCO2)CC1CCCCN1. The first-order valence-electron chi connectivity index (χ1n) is 8.19. The van der Waals surface area contributed by atoms with Crippen molar-refractivity contribution in [1.82, 2.24) is 10.2 Å². The molecule has 4 nitrogen and oxygen atoms in total. The maximum atomic E-state index is 5.48. The number of hydrogen-bond acceptors (Lipinski definition) is 4. The molecule has 1 fully saturated rings. The number of ether oxygens (including phenoxy) is 2. The maximum absolute atomic E-state index is 5.48. The molecule has 0 spiro atoms. The van der Waals surface area contributed by atoms with E-state index in [4.69, 9.17) is 9.47 Å². The predicted molar refractivity (Wildman–Crippen MR) is 83.8 cm³/mol. The number of piperidine rings is 1. The van der Waals surface area contributed by atoms with Crippen molar-refractivity contribution in [3.05, 3.63) is 23.8 Å². The van der Waals surface area contributed by atoms with Gasteiger partial charge in [0.15, 0.2) is 11.5 Å². The lowest BCUT2D eigenvalue weighted by atomic mass is 10.0. The average molecular weight is 290 g/mol. The predicted octanol–water partition coefficient (Wildman–Crippen LogP) is 2.77. The molecule has 0 radical (unpaired) electrons. The number of benzene rings is 1. The van der Waals surface area contributed by atoms with E-state index >= 15 is 0 Å². The van der Waals surface area contributed by atoms with Gasteiger partial charge in [0.25, 0.3) is 0 Å². The van der Waals surface area contributed by atoms with Gasteiger partial charge in [0, 0.05) is 19.1 Å². The van der Waals surface area contributed by atoms with E-state index in [0.717, 1.165) is 31.1 Å². The fourth-order valence-electron chi connectivity index (χ4n) is 3.24. The third kappa shape index (κ3) is 3.89. The van der Waals surface area contributed by atoms with Crippen molar-refractivity contribution in [1.29, 1.82) is 0 Å². The Balaban J connectivity index is 1.61. The number of nitrogens with zero attached hydrogens (tertiary/aromatic N) is 1. The second-order valence-electron chi connectivity index (χ2n) is 6.07. The molecule has 1 aromatic rings. The molecule has 2 heterocycles. The van der Waals surface area contributed by atoms with Crippen LogP contribution >= 0.6 is 0 Å². The molecule has 21 heavy (non-hydrogen) atoms. The second-order valence-corrected chi connectivity index (χ2v) is 6.07. The van der Waals surface area contributed by atoms with E-state index in [2.05, 4.69) is 29.3 Å². The first-order chi connectivity index (χ1) is 10.3. The average Bonchev–Trinajstić information content (AvgIpc) is 2.96. The summed E-state index contributed by atoms with van der Waals surface area (Å²) < 4.78 is 10.9. The van der Waals surface area contributed by atoms with Crippen LogP contribution in [-0.4, -0.2) is 37.4 Å². The molecule has 4 heteroatoms. The molecule has 0 bridgehead atoms. The minimum absolute atomic E-state index is 0.351. The van der Waals surface area contributed by atoms with Crippen LogP contribution in [0.3, 0.4) is 0 Å². The van der Waals surface area contributed by atoms with Gasteiger partial charge in [-0.1, -0.05) is 19.4 Å². The van der Waals surface area contributed by atoms with Crippen molar-refractivity contribution in [3.63, 3.8) is 0 Å². The van der Waals surface area contributed by atoms with Crippen molar-refractivity contribution in [3.8, 4) is 11.5 Å². The molecule has 1 saturated heterocycles. The Morgan fingerprint density at radius 1 is 1.24 bits per heavy atom. The van der Waals surface area contributed by atoms with Gasteiger partial charge in [-0.2, -0.15) is 0 Å². The fourth-order valence-corrected chi connectivity index (χ4v) is 3.24. The van der Waals surface area contributed by atoms with Crippen molar-refractivity contribution < 1.29 is 9.47 Å². The summed E-state index contributed by atoms with van der Waals surface area (Å²) in [6, 6.07) is 6.96. The molecule has 1 N–H and O–H groups in total. The van der Waals surface area contributed by atoms with Gasteiger partial charge in [-0.3, -0.25) is 4.90 Å². The first kappa shape index (κ1) is 14.7. The van der Waals surface area contributed by atoms with Crippen LogP contribution in [0.1, 0.15) is 38.2 Å². The summed E-state index contributed by atoms with van der Waals surface area (Å²) in [6.07, 6.45) is 5.19. The van der Waals surface area contributed by atoms with Gasteiger partial charge < -0.3 is 14.8 Å². The molecule has 1 unspecified atom stereocenters. The van der Waals surface area contributed by atoms with Crippen molar-refractivity contribution in [2.75, 3.05) is 26.4 Å². The molecule has 1 atom stereocenters. The van der Waals surface area contributed by atoms with E-state index in [1.165, 1.54) is 37.8 Å². The Hall–Kier alpha value is -1.26. The van der Waals surface area contributed by atoms with E-state index < -0.39 is 0 Å². The van der Waals surface area contributed by atoms with Crippen molar-refractivity contribution in [2.45, 2.75) is 45.2 Å². The van der Waals surface area contributed by atoms with Crippen LogP contribution in [0.5, 0.6) is 11.5 Å². The van der Waals surface area contributed by atoms with Gasteiger partial charge in [-0.05, 0) is 50.0 Å². The zero-order valence-electron chi connectivity index (χ0n) is 12.9. The van der Waals surface area contributed by atoms with Gasteiger partial charge in [0.1, 0.15) is 0 Å². The highest BCUT2D eigenvalue weighted by molar-refractivity contribution is 5.44.